The van der Waals surface area contributed by atoms with Gasteiger partial charge in [0.25, 0.3) is 5.91 Å². The lowest BCUT2D eigenvalue weighted by Crippen LogP contribution is -2.28. The molecule has 2 atom stereocenters. The van der Waals surface area contributed by atoms with E-state index >= 15 is 0 Å². The molecule has 2 rings (SSSR count). The molecule has 5 N–H and O–H groups in total. The summed E-state index contributed by atoms with van der Waals surface area (Å²) in [6, 6.07) is 0.512. The molecule has 1 fully saturated rings. The van der Waals surface area contributed by atoms with Crippen molar-refractivity contribution in [2.75, 3.05) is 18.4 Å². The Balaban J connectivity index is 1.73. The summed E-state index contributed by atoms with van der Waals surface area (Å²) in [7, 11) is 0. The second-order valence-corrected chi connectivity index (χ2v) is 4.80. The van der Waals surface area contributed by atoms with Crippen LogP contribution in [0.3, 0.4) is 0 Å². The summed E-state index contributed by atoms with van der Waals surface area (Å²) in [5, 5.41) is 3.16. The molecular weight excluding hydrogens is 244 g/mol. The predicted octanol–water partition coefficient (Wildman–Crippen LogP) is -0.120. The van der Waals surface area contributed by atoms with Crippen LogP contribution < -0.4 is 21.9 Å². The number of primary amides is 1. The molecule has 1 aromatic rings. The van der Waals surface area contributed by atoms with Gasteiger partial charge >= 0.3 is 0 Å². The third kappa shape index (κ3) is 3.87. The monoisotopic (exact) mass is 264 g/mol. The van der Waals surface area contributed by atoms with Crippen molar-refractivity contribution < 1.29 is 4.79 Å². The lowest BCUT2D eigenvalue weighted by atomic mass is 9.98. The highest BCUT2D eigenvalue weighted by atomic mass is 16.1. The zero-order valence-corrected chi connectivity index (χ0v) is 11.0. The van der Waals surface area contributed by atoms with E-state index in [1.54, 1.807) is 6.20 Å². The van der Waals surface area contributed by atoms with E-state index in [1.165, 1.54) is 6.20 Å². The summed E-state index contributed by atoms with van der Waals surface area (Å²) in [6.07, 6.45) is 5.14. The molecule has 1 amide bonds. The Morgan fingerprint density at radius 3 is 3.11 bits per heavy atom. The maximum atomic E-state index is 11.0. The van der Waals surface area contributed by atoms with Gasteiger partial charge in [-0.25, -0.2) is 4.98 Å². The van der Waals surface area contributed by atoms with Crippen LogP contribution in [0, 0.1) is 5.92 Å². The lowest BCUT2D eigenvalue weighted by Gasteiger charge is -2.13. The molecule has 0 saturated carbocycles. The third-order valence-electron chi connectivity index (χ3n) is 3.35. The lowest BCUT2D eigenvalue weighted by molar-refractivity contribution is 0.0995. The highest BCUT2D eigenvalue weighted by molar-refractivity contribution is 5.90. The zero-order valence-electron chi connectivity index (χ0n) is 11.0. The van der Waals surface area contributed by atoms with Crippen molar-refractivity contribution >= 4 is 11.7 Å². The minimum absolute atomic E-state index is 0.183. The van der Waals surface area contributed by atoms with Crippen LogP contribution in [-0.2, 0) is 0 Å². The molecule has 1 aliphatic rings. The number of nitrogens with one attached hydrogen (secondary N) is 3. The number of carbonyl (C=O) groups is 1. The van der Waals surface area contributed by atoms with Gasteiger partial charge in [0, 0.05) is 19.1 Å². The fourth-order valence-corrected chi connectivity index (χ4v) is 2.15. The van der Waals surface area contributed by atoms with Crippen molar-refractivity contribution in [1.82, 2.24) is 20.8 Å². The van der Waals surface area contributed by atoms with Gasteiger partial charge < -0.3 is 11.1 Å². The molecule has 2 unspecified atom stereocenters. The Morgan fingerprint density at radius 1 is 1.58 bits per heavy atom. The van der Waals surface area contributed by atoms with Crippen LogP contribution in [0.5, 0.6) is 0 Å². The van der Waals surface area contributed by atoms with Gasteiger partial charge in [0.05, 0.1) is 12.4 Å². The van der Waals surface area contributed by atoms with E-state index in [0.29, 0.717) is 17.8 Å². The highest BCUT2D eigenvalue weighted by Crippen LogP contribution is 2.14. The number of amides is 1. The summed E-state index contributed by atoms with van der Waals surface area (Å²) in [5.41, 5.74) is 11.7. The summed E-state index contributed by atoms with van der Waals surface area (Å²) in [6.45, 7) is 4.00. The maximum Gasteiger partial charge on any atom is 0.268 e. The molecule has 0 aliphatic carbocycles. The van der Waals surface area contributed by atoms with Crippen molar-refractivity contribution in [3.05, 3.63) is 18.1 Å². The van der Waals surface area contributed by atoms with Crippen molar-refractivity contribution in [3.8, 4) is 0 Å². The largest absolute Gasteiger partial charge is 0.369 e. The average Bonchev–Trinajstić information content (AvgIpc) is 2.81. The SMILES string of the molecule is CC1NNCC1CCCNc1cncc(C(N)=O)n1. The Labute approximate surface area is 112 Å². The van der Waals surface area contributed by atoms with Gasteiger partial charge in [-0.15, -0.1) is 0 Å². The first kappa shape index (κ1) is 13.7. The molecular formula is C12H20N6O. The second kappa shape index (κ2) is 6.44. The average molecular weight is 264 g/mol. The minimum Gasteiger partial charge on any atom is -0.369 e. The van der Waals surface area contributed by atoms with Crippen molar-refractivity contribution in [3.63, 3.8) is 0 Å². The van der Waals surface area contributed by atoms with Crippen LogP contribution in [0.2, 0.25) is 0 Å². The first-order valence-electron chi connectivity index (χ1n) is 6.51. The maximum absolute atomic E-state index is 11.0. The van der Waals surface area contributed by atoms with E-state index < -0.39 is 5.91 Å². The number of hydrogen-bond donors (Lipinski definition) is 4. The topological polar surface area (TPSA) is 105 Å². The molecule has 7 nitrogen and oxygen atoms in total. The number of rotatable bonds is 6. The fraction of sp³-hybridized carbons (Fsp3) is 0.583. The van der Waals surface area contributed by atoms with Gasteiger partial charge in [-0.2, -0.15) is 0 Å². The fourth-order valence-electron chi connectivity index (χ4n) is 2.15. The number of anilines is 1. The van der Waals surface area contributed by atoms with Gasteiger partial charge in [-0.05, 0) is 25.7 Å². The number of hydrazine groups is 1. The molecule has 104 valence electrons. The smallest absolute Gasteiger partial charge is 0.268 e. The number of carbonyl (C=O) groups excluding carboxylic acids is 1. The first-order chi connectivity index (χ1) is 9.16. The van der Waals surface area contributed by atoms with Gasteiger partial charge in [-0.1, -0.05) is 0 Å². The number of nitrogens with zero attached hydrogens (tertiary/aromatic N) is 2. The molecule has 2 heterocycles. The molecule has 0 spiro atoms. The Kier molecular flexibility index (Phi) is 4.64. The van der Waals surface area contributed by atoms with Crippen LogP contribution in [-0.4, -0.2) is 35.0 Å². The van der Waals surface area contributed by atoms with Crippen molar-refractivity contribution in [2.45, 2.75) is 25.8 Å². The number of hydrogen-bond acceptors (Lipinski definition) is 6. The summed E-state index contributed by atoms with van der Waals surface area (Å²) in [4.78, 5) is 19.0. The first-order valence-corrected chi connectivity index (χ1v) is 6.51. The Morgan fingerprint density at radius 2 is 2.42 bits per heavy atom. The van der Waals surface area contributed by atoms with Crippen LogP contribution in [0.1, 0.15) is 30.3 Å². The quantitative estimate of drug-likeness (QED) is 0.534. The summed E-state index contributed by atoms with van der Waals surface area (Å²) in [5.74, 6) is 0.685. The van der Waals surface area contributed by atoms with Gasteiger partial charge in [0.15, 0.2) is 0 Å². The molecule has 0 bridgehead atoms. The Hall–Kier alpha value is -1.73. The summed E-state index contributed by atoms with van der Waals surface area (Å²) < 4.78 is 0. The molecule has 1 aliphatic heterocycles. The van der Waals surface area contributed by atoms with E-state index in [2.05, 4.69) is 33.1 Å². The van der Waals surface area contributed by atoms with Gasteiger partial charge in [0.1, 0.15) is 11.5 Å². The van der Waals surface area contributed by atoms with Crippen LogP contribution in [0.25, 0.3) is 0 Å². The molecule has 0 radical (unpaired) electrons. The third-order valence-corrected chi connectivity index (χ3v) is 3.35. The predicted molar refractivity (Wildman–Crippen MR) is 72.4 cm³/mol. The van der Waals surface area contributed by atoms with Gasteiger partial charge in [-0.3, -0.25) is 20.6 Å². The number of nitrogens with two attached hydrogens (primary N) is 1. The molecule has 19 heavy (non-hydrogen) atoms. The standard InChI is InChI=1S/C12H20N6O/c1-8-9(5-16-18-8)3-2-4-15-11-7-14-6-10(17-11)12(13)19/h6-9,16,18H,2-5H2,1H3,(H2,13,19)(H,15,17). The van der Waals surface area contributed by atoms with Crippen molar-refractivity contribution in [2.24, 2.45) is 11.7 Å². The zero-order chi connectivity index (χ0) is 13.7. The van der Waals surface area contributed by atoms with E-state index in [0.717, 1.165) is 25.9 Å². The number of aromatic nitrogens is 2. The molecule has 1 aromatic heterocycles. The second-order valence-electron chi connectivity index (χ2n) is 4.80. The Bertz CT molecular complexity index is 438. The van der Waals surface area contributed by atoms with Crippen LogP contribution >= 0.6 is 0 Å². The van der Waals surface area contributed by atoms with E-state index in [9.17, 15) is 4.79 Å². The molecule has 7 heteroatoms. The van der Waals surface area contributed by atoms with Gasteiger partial charge in [0.2, 0.25) is 0 Å². The summed E-state index contributed by atoms with van der Waals surface area (Å²) >= 11 is 0. The highest BCUT2D eigenvalue weighted by Gasteiger charge is 2.21. The van der Waals surface area contributed by atoms with E-state index in [1.807, 2.05) is 0 Å². The van der Waals surface area contributed by atoms with Crippen LogP contribution in [0.4, 0.5) is 5.82 Å². The van der Waals surface area contributed by atoms with Crippen molar-refractivity contribution in [1.29, 1.82) is 0 Å². The minimum atomic E-state index is -0.562. The van der Waals surface area contributed by atoms with Crippen LogP contribution in [0.15, 0.2) is 12.4 Å². The molecule has 0 aromatic carbocycles. The van der Waals surface area contributed by atoms with E-state index in [4.69, 9.17) is 5.73 Å². The molecule has 1 saturated heterocycles. The van der Waals surface area contributed by atoms with E-state index in [-0.39, 0.29) is 5.69 Å². The normalized spacial score (nSPS) is 22.4.